The molecular weight excluding hydrogens is 352 g/mol. The predicted octanol–water partition coefficient (Wildman–Crippen LogP) is -0.569. The molecule has 0 aliphatic carbocycles. The normalized spacial score (nSPS) is 21.5. The molecule has 0 aromatic rings. The molecule has 1 atom stereocenters. The Bertz CT molecular complexity index is 653. The average Bonchev–Trinajstić information content (AvgIpc) is 2.99. The van der Waals surface area contributed by atoms with E-state index in [2.05, 4.69) is 0 Å². The fourth-order valence-electron chi connectivity index (χ4n) is 2.71. The predicted molar refractivity (Wildman–Crippen MR) is 87.6 cm³/mol. The fourth-order valence-corrected chi connectivity index (χ4v) is 3.70. The van der Waals surface area contributed by atoms with Crippen molar-refractivity contribution in [1.82, 2.24) is 9.80 Å². The van der Waals surface area contributed by atoms with Crippen molar-refractivity contribution in [2.24, 2.45) is 0 Å². The van der Waals surface area contributed by atoms with E-state index in [1.807, 2.05) is 13.8 Å². The van der Waals surface area contributed by atoms with Gasteiger partial charge in [-0.05, 0) is 27.7 Å². The number of likely N-dealkylation sites (tertiary alicyclic amines) is 2. The van der Waals surface area contributed by atoms with Crippen molar-refractivity contribution < 1.29 is 32.7 Å². The summed E-state index contributed by atoms with van der Waals surface area (Å²) >= 11 is 0. The Morgan fingerprint density at radius 1 is 0.920 bits per heavy atom. The molecule has 1 N–H and O–H groups in total. The SMILES string of the molecule is CC(C)N1C(=O)CC(S(=O)(=O)CO)C1=O.CC(C)N1C(=O)CCC1=O. The molecule has 2 aliphatic rings. The van der Waals surface area contributed by atoms with Crippen LogP contribution in [-0.2, 0) is 29.0 Å². The van der Waals surface area contributed by atoms with Gasteiger partial charge < -0.3 is 5.11 Å². The quantitative estimate of drug-likeness (QED) is 0.651. The minimum Gasteiger partial charge on any atom is -0.380 e. The van der Waals surface area contributed by atoms with Gasteiger partial charge in [0.25, 0.3) is 0 Å². The molecule has 2 fully saturated rings. The molecule has 0 aromatic heterocycles. The molecule has 0 spiro atoms. The summed E-state index contributed by atoms with van der Waals surface area (Å²) in [4.78, 5) is 47.1. The van der Waals surface area contributed by atoms with Gasteiger partial charge in [0, 0.05) is 24.9 Å². The third-order valence-electron chi connectivity index (χ3n) is 3.88. The van der Waals surface area contributed by atoms with Gasteiger partial charge in [0.1, 0.15) is 5.94 Å². The summed E-state index contributed by atoms with van der Waals surface area (Å²) in [6.07, 6.45) is 0.438. The number of nitrogens with zero attached hydrogens (tertiary/aromatic N) is 2. The molecule has 0 aromatic carbocycles. The van der Waals surface area contributed by atoms with Gasteiger partial charge in [0.2, 0.25) is 23.6 Å². The number of sulfone groups is 1. The smallest absolute Gasteiger partial charge is 0.248 e. The van der Waals surface area contributed by atoms with Gasteiger partial charge in [-0.3, -0.25) is 29.0 Å². The van der Waals surface area contributed by atoms with Gasteiger partial charge in [-0.15, -0.1) is 0 Å². The minimum absolute atomic E-state index is 0.0278. The highest BCUT2D eigenvalue weighted by Gasteiger charge is 2.46. The first-order chi connectivity index (χ1) is 11.4. The first-order valence-corrected chi connectivity index (χ1v) is 9.68. The molecular formula is C15H24N2O7S. The zero-order valence-corrected chi connectivity index (χ0v) is 15.6. The Labute approximate surface area is 146 Å². The number of hydrogen-bond acceptors (Lipinski definition) is 7. The summed E-state index contributed by atoms with van der Waals surface area (Å²) in [5.41, 5.74) is 0. The number of rotatable bonds is 4. The maximum Gasteiger partial charge on any atom is 0.248 e. The number of aliphatic hydroxyl groups excluding tert-OH is 1. The second kappa shape index (κ2) is 8.05. The van der Waals surface area contributed by atoms with Crippen LogP contribution in [0, 0.1) is 0 Å². The molecule has 2 rings (SSSR count). The number of imide groups is 2. The van der Waals surface area contributed by atoms with E-state index in [9.17, 15) is 27.6 Å². The number of carbonyl (C=O) groups is 4. The van der Waals surface area contributed by atoms with Gasteiger partial charge in [-0.2, -0.15) is 0 Å². The third kappa shape index (κ3) is 4.63. The van der Waals surface area contributed by atoms with Crippen molar-refractivity contribution in [3.8, 4) is 0 Å². The minimum atomic E-state index is -3.90. The topological polar surface area (TPSA) is 129 Å². The zero-order chi connectivity index (χ0) is 19.5. The molecule has 2 saturated heterocycles. The van der Waals surface area contributed by atoms with Crippen LogP contribution in [0.5, 0.6) is 0 Å². The van der Waals surface area contributed by atoms with Crippen LogP contribution in [0.3, 0.4) is 0 Å². The third-order valence-corrected chi connectivity index (χ3v) is 5.47. The maximum atomic E-state index is 11.6. The van der Waals surface area contributed by atoms with Crippen molar-refractivity contribution >= 4 is 33.5 Å². The molecule has 2 heterocycles. The van der Waals surface area contributed by atoms with Crippen LogP contribution in [0.25, 0.3) is 0 Å². The number of hydrogen-bond donors (Lipinski definition) is 1. The zero-order valence-electron chi connectivity index (χ0n) is 14.8. The molecule has 25 heavy (non-hydrogen) atoms. The van der Waals surface area contributed by atoms with Crippen LogP contribution in [0.2, 0.25) is 0 Å². The van der Waals surface area contributed by atoms with E-state index in [4.69, 9.17) is 5.11 Å². The van der Waals surface area contributed by atoms with Gasteiger partial charge in [0.15, 0.2) is 15.1 Å². The second-order valence-electron chi connectivity index (χ2n) is 6.43. The largest absolute Gasteiger partial charge is 0.380 e. The van der Waals surface area contributed by atoms with E-state index in [1.54, 1.807) is 13.8 Å². The summed E-state index contributed by atoms with van der Waals surface area (Å²) < 4.78 is 22.6. The molecule has 9 nitrogen and oxygen atoms in total. The number of aliphatic hydroxyl groups is 1. The van der Waals surface area contributed by atoms with E-state index in [1.165, 1.54) is 4.90 Å². The van der Waals surface area contributed by atoms with Crippen molar-refractivity contribution in [2.45, 2.75) is 64.3 Å². The Hall–Kier alpha value is -1.81. The van der Waals surface area contributed by atoms with Crippen molar-refractivity contribution in [3.05, 3.63) is 0 Å². The summed E-state index contributed by atoms with van der Waals surface area (Å²) in [7, 11) is -3.90. The summed E-state index contributed by atoms with van der Waals surface area (Å²) in [6, 6.07) is -0.327. The lowest BCUT2D eigenvalue weighted by Crippen LogP contribution is -2.39. The van der Waals surface area contributed by atoms with E-state index >= 15 is 0 Å². The monoisotopic (exact) mass is 376 g/mol. The molecule has 0 saturated carbocycles. The van der Waals surface area contributed by atoms with E-state index < -0.39 is 32.8 Å². The first-order valence-electron chi connectivity index (χ1n) is 7.97. The average molecular weight is 376 g/mol. The van der Waals surface area contributed by atoms with Crippen LogP contribution in [0.1, 0.15) is 47.0 Å². The van der Waals surface area contributed by atoms with Crippen LogP contribution < -0.4 is 0 Å². The van der Waals surface area contributed by atoms with Crippen LogP contribution >= 0.6 is 0 Å². The fraction of sp³-hybridized carbons (Fsp3) is 0.733. The molecule has 0 radical (unpaired) electrons. The summed E-state index contributed by atoms with van der Waals surface area (Å²) in [5.74, 6) is -2.40. The second-order valence-corrected chi connectivity index (χ2v) is 8.58. The van der Waals surface area contributed by atoms with Crippen molar-refractivity contribution in [2.75, 3.05) is 5.94 Å². The molecule has 1 unspecified atom stereocenters. The lowest BCUT2D eigenvalue weighted by atomic mass is 10.3. The standard InChI is InChI=1S/C8H13NO5S.C7H11NO2/c1-5(2)9-7(11)3-6(8(9)12)15(13,14)4-10;1-5(2)8-6(9)3-4-7(8)10/h5-6,10H,3-4H2,1-2H3;5H,3-4H2,1-2H3. The summed E-state index contributed by atoms with van der Waals surface area (Å²) in [5, 5.41) is 7.21. The molecule has 10 heteroatoms. The first kappa shape index (κ1) is 21.2. The molecule has 0 bridgehead atoms. The highest BCUT2D eigenvalue weighted by molar-refractivity contribution is 7.92. The van der Waals surface area contributed by atoms with Gasteiger partial charge in [-0.25, -0.2) is 8.42 Å². The summed E-state index contributed by atoms with van der Waals surface area (Å²) in [6.45, 7) is 6.95. The lowest BCUT2D eigenvalue weighted by Gasteiger charge is -2.18. The number of carbonyl (C=O) groups excluding carboxylic acids is 4. The van der Waals surface area contributed by atoms with Crippen molar-refractivity contribution in [1.29, 1.82) is 0 Å². The van der Waals surface area contributed by atoms with Crippen molar-refractivity contribution in [3.63, 3.8) is 0 Å². The Morgan fingerprint density at radius 3 is 1.64 bits per heavy atom. The Balaban J connectivity index is 0.000000271. The van der Waals surface area contributed by atoms with Gasteiger partial charge in [-0.1, -0.05) is 0 Å². The van der Waals surface area contributed by atoms with E-state index in [0.717, 1.165) is 4.90 Å². The highest BCUT2D eigenvalue weighted by atomic mass is 32.2. The van der Waals surface area contributed by atoms with E-state index in [0.29, 0.717) is 12.8 Å². The van der Waals surface area contributed by atoms with Crippen LogP contribution in [0.4, 0.5) is 0 Å². The Morgan fingerprint density at radius 2 is 1.36 bits per heavy atom. The van der Waals surface area contributed by atoms with Gasteiger partial charge >= 0.3 is 0 Å². The molecule has 142 valence electrons. The Kier molecular flexibility index (Phi) is 6.83. The maximum absolute atomic E-state index is 11.6. The number of amides is 4. The molecule has 4 amide bonds. The lowest BCUT2D eigenvalue weighted by molar-refractivity contribution is -0.141. The van der Waals surface area contributed by atoms with Crippen LogP contribution in [0.15, 0.2) is 0 Å². The highest BCUT2D eigenvalue weighted by Crippen LogP contribution is 2.22. The van der Waals surface area contributed by atoms with Crippen LogP contribution in [-0.4, -0.2) is 70.2 Å². The van der Waals surface area contributed by atoms with Gasteiger partial charge in [0.05, 0.1) is 6.42 Å². The van der Waals surface area contributed by atoms with E-state index in [-0.39, 0.29) is 30.3 Å². The molecule has 2 aliphatic heterocycles.